The van der Waals surface area contributed by atoms with Crippen LogP contribution in [0.4, 0.5) is 10.1 Å². The number of aromatic nitrogens is 3. The van der Waals surface area contributed by atoms with Gasteiger partial charge in [0, 0.05) is 30.3 Å². The number of nitrogens with zero attached hydrogens (tertiary/aromatic N) is 4. The van der Waals surface area contributed by atoms with Crippen LogP contribution in [0.15, 0.2) is 42.5 Å². The number of likely N-dealkylation sites (tertiary alicyclic amines) is 1. The van der Waals surface area contributed by atoms with Crippen LogP contribution in [-0.2, 0) is 4.79 Å². The number of fused-ring (bicyclic) bond motifs is 1. The summed E-state index contributed by atoms with van der Waals surface area (Å²) in [6.07, 6.45) is 5.85. The second-order valence-corrected chi connectivity index (χ2v) is 8.74. The van der Waals surface area contributed by atoms with E-state index in [1.165, 1.54) is 25.0 Å². The topological polar surface area (TPSA) is 80.1 Å². The zero-order valence-corrected chi connectivity index (χ0v) is 17.8. The maximum atomic E-state index is 13.3. The molecule has 2 heterocycles. The Balaban J connectivity index is 1.21. The minimum absolute atomic E-state index is 0.0497. The number of piperidine rings is 1. The van der Waals surface area contributed by atoms with E-state index in [-0.39, 0.29) is 23.5 Å². The van der Waals surface area contributed by atoms with Crippen LogP contribution in [0.3, 0.4) is 0 Å². The Morgan fingerprint density at radius 1 is 1.00 bits per heavy atom. The van der Waals surface area contributed by atoms with Crippen LogP contribution in [0.5, 0.6) is 0 Å². The van der Waals surface area contributed by atoms with Crippen molar-refractivity contribution in [2.45, 2.75) is 44.6 Å². The standard InChI is InChI=1S/C24H26FN5O2/c25-18-4-3-5-19(15-18)26-23(31)16-10-12-29(13-11-16)24(32)17-8-9-22-21(14-17)27-28-30(22)20-6-1-2-7-20/h3-5,8-9,14-16,20H,1-2,6-7,10-13H2,(H,26,31). The molecule has 0 radical (unpaired) electrons. The van der Waals surface area contributed by atoms with Crippen molar-refractivity contribution in [1.29, 1.82) is 0 Å². The number of carbonyl (C=O) groups is 2. The molecule has 32 heavy (non-hydrogen) atoms. The van der Waals surface area contributed by atoms with Crippen molar-refractivity contribution in [3.8, 4) is 0 Å². The molecule has 2 fully saturated rings. The summed E-state index contributed by atoms with van der Waals surface area (Å²) in [5.74, 6) is -0.765. The third kappa shape index (κ3) is 4.09. The fourth-order valence-corrected chi connectivity index (χ4v) is 4.83. The summed E-state index contributed by atoms with van der Waals surface area (Å²) in [6, 6.07) is 11.9. The predicted octanol–water partition coefficient (Wildman–Crippen LogP) is 4.18. The molecule has 1 aliphatic carbocycles. The summed E-state index contributed by atoms with van der Waals surface area (Å²) in [7, 11) is 0. The lowest BCUT2D eigenvalue weighted by Gasteiger charge is -2.31. The summed E-state index contributed by atoms with van der Waals surface area (Å²) < 4.78 is 15.3. The van der Waals surface area contributed by atoms with Crippen molar-refractivity contribution < 1.29 is 14.0 Å². The van der Waals surface area contributed by atoms with Crippen LogP contribution in [0.1, 0.15) is 54.9 Å². The minimum atomic E-state index is -0.386. The van der Waals surface area contributed by atoms with Gasteiger partial charge in [-0.1, -0.05) is 24.1 Å². The van der Waals surface area contributed by atoms with E-state index in [0.717, 1.165) is 23.9 Å². The molecular formula is C24H26FN5O2. The molecule has 2 amide bonds. The lowest BCUT2D eigenvalue weighted by molar-refractivity contribution is -0.121. The number of rotatable bonds is 4. The van der Waals surface area contributed by atoms with E-state index in [1.807, 2.05) is 22.9 Å². The smallest absolute Gasteiger partial charge is 0.253 e. The van der Waals surface area contributed by atoms with Gasteiger partial charge in [0.25, 0.3) is 5.91 Å². The van der Waals surface area contributed by atoms with Crippen molar-refractivity contribution in [1.82, 2.24) is 19.9 Å². The first-order valence-electron chi connectivity index (χ1n) is 11.3. The van der Waals surface area contributed by atoms with Gasteiger partial charge in [0.15, 0.2) is 0 Å². The van der Waals surface area contributed by atoms with Crippen LogP contribution in [-0.4, -0.2) is 44.8 Å². The minimum Gasteiger partial charge on any atom is -0.339 e. The average molecular weight is 436 g/mol. The van der Waals surface area contributed by atoms with Gasteiger partial charge in [0.1, 0.15) is 11.3 Å². The fraction of sp³-hybridized carbons (Fsp3) is 0.417. The van der Waals surface area contributed by atoms with E-state index >= 15 is 0 Å². The van der Waals surface area contributed by atoms with Crippen molar-refractivity contribution in [2.24, 2.45) is 5.92 Å². The van der Waals surface area contributed by atoms with Crippen LogP contribution in [0, 0.1) is 11.7 Å². The van der Waals surface area contributed by atoms with Crippen molar-refractivity contribution >= 4 is 28.5 Å². The molecule has 1 N–H and O–H groups in total. The molecule has 8 heteroatoms. The first kappa shape index (κ1) is 20.6. The molecule has 0 unspecified atom stereocenters. The largest absolute Gasteiger partial charge is 0.339 e. The Morgan fingerprint density at radius 3 is 2.53 bits per heavy atom. The Morgan fingerprint density at radius 2 is 1.78 bits per heavy atom. The number of amides is 2. The molecule has 1 saturated heterocycles. The van der Waals surface area contributed by atoms with E-state index in [0.29, 0.717) is 43.2 Å². The molecule has 0 spiro atoms. The highest BCUT2D eigenvalue weighted by molar-refractivity contribution is 5.98. The highest BCUT2D eigenvalue weighted by atomic mass is 19.1. The van der Waals surface area contributed by atoms with Gasteiger partial charge in [-0.15, -0.1) is 5.10 Å². The molecule has 0 atom stereocenters. The van der Waals surface area contributed by atoms with Gasteiger partial charge in [-0.05, 0) is 62.1 Å². The molecule has 7 nitrogen and oxygen atoms in total. The Hall–Kier alpha value is -3.29. The first-order chi connectivity index (χ1) is 15.6. The molecule has 0 bridgehead atoms. The monoisotopic (exact) mass is 435 g/mol. The Kier molecular flexibility index (Phi) is 5.59. The molecule has 5 rings (SSSR count). The van der Waals surface area contributed by atoms with Gasteiger partial charge >= 0.3 is 0 Å². The number of halogens is 1. The third-order valence-corrected chi connectivity index (χ3v) is 6.63. The molecule has 166 valence electrons. The van der Waals surface area contributed by atoms with Crippen molar-refractivity contribution in [2.75, 3.05) is 18.4 Å². The number of hydrogen-bond donors (Lipinski definition) is 1. The summed E-state index contributed by atoms with van der Waals surface area (Å²) in [5, 5.41) is 11.4. The van der Waals surface area contributed by atoms with Gasteiger partial charge < -0.3 is 10.2 Å². The van der Waals surface area contributed by atoms with Gasteiger partial charge in [0.2, 0.25) is 5.91 Å². The van der Waals surface area contributed by atoms with Gasteiger partial charge in [-0.3, -0.25) is 9.59 Å². The highest BCUT2D eigenvalue weighted by Gasteiger charge is 2.28. The number of nitrogens with one attached hydrogen (secondary N) is 1. The lowest BCUT2D eigenvalue weighted by Crippen LogP contribution is -2.41. The molecule has 3 aromatic rings. The SMILES string of the molecule is O=C(Nc1cccc(F)c1)C1CCN(C(=O)c2ccc3c(c2)nnn3C2CCCC2)CC1. The van der Waals surface area contributed by atoms with Crippen molar-refractivity contribution in [3.63, 3.8) is 0 Å². The van der Waals surface area contributed by atoms with E-state index < -0.39 is 0 Å². The maximum absolute atomic E-state index is 13.3. The van der Waals surface area contributed by atoms with Crippen LogP contribution in [0.25, 0.3) is 11.0 Å². The number of anilines is 1. The summed E-state index contributed by atoms with van der Waals surface area (Å²) in [5.41, 5.74) is 2.76. The van der Waals surface area contributed by atoms with Crippen LogP contribution in [0.2, 0.25) is 0 Å². The molecule has 2 aromatic carbocycles. The van der Waals surface area contributed by atoms with Gasteiger partial charge in [0.05, 0.1) is 11.6 Å². The number of hydrogen-bond acceptors (Lipinski definition) is 4. The lowest BCUT2D eigenvalue weighted by atomic mass is 9.95. The summed E-state index contributed by atoms with van der Waals surface area (Å²) >= 11 is 0. The Bertz CT molecular complexity index is 1150. The van der Waals surface area contributed by atoms with E-state index in [4.69, 9.17) is 0 Å². The third-order valence-electron chi connectivity index (χ3n) is 6.63. The maximum Gasteiger partial charge on any atom is 0.253 e. The van der Waals surface area contributed by atoms with Crippen molar-refractivity contribution in [3.05, 3.63) is 53.8 Å². The van der Waals surface area contributed by atoms with E-state index in [1.54, 1.807) is 17.0 Å². The molecule has 1 aromatic heterocycles. The second kappa shape index (κ2) is 8.68. The first-order valence-corrected chi connectivity index (χ1v) is 11.3. The quantitative estimate of drug-likeness (QED) is 0.667. The van der Waals surface area contributed by atoms with Crippen LogP contribution >= 0.6 is 0 Å². The Labute approximate surface area is 185 Å². The summed E-state index contributed by atoms with van der Waals surface area (Å²) in [4.78, 5) is 27.4. The average Bonchev–Trinajstić information content (AvgIpc) is 3.48. The highest BCUT2D eigenvalue weighted by Crippen LogP contribution is 2.31. The van der Waals surface area contributed by atoms with Gasteiger partial charge in [-0.2, -0.15) is 0 Å². The number of carbonyl (C=O) groups excluding carboxylic acids is 2. The fourth-order valence-electron chi connectivity index (χ4n) is 4.83. The van der Waals surface area contributed by atoms with Crippen LogP contribution < -0.4 is 5.32 Å². The molecule has 1 aliphatic heterocycles. The molecule has 2 aliphatic rings. The number of benzene rings is 2. The summed E-state index contributed by atoms with van der Waals surface area (Å²) in [6.45, 7) is 1.01. The van der Waals surface area contributed by atoms with Gasteiger partial charge in [-0.25, -0.2) is 9.07 Å². The zero-order chi connectivity index (χ0) is 22.1. The predicted molar refractivity (Wildman–Crippen MR) is 119 cm³/mol. The van der Waals surface area contributed by atoms with E-state index in [2.05, 4.69) is 15.6 Å². The second-order valence-electron chi connectivity index (χ2n) is 8.74. The van der Waals surface area contributed by atoms with E-state index in [9.17, 15) is 14.0 Å². The normalized spacial score (nSPS) is 17.7. The molecular weight excluding hydrogens is 409 g/mol. The zero-order valence-electron chi connectivity index (χ0n) is 17.8. The molecule has 1 saturated carbocycles.